The number of ether oxygens (including phenoxy) is 1. The van der Waals surface area contributed by atoms with Crippen molar-refractivity contribution in [1.82, 2.24) is 0 Å². The highest BCUT2D eigenvalue weighted by atomic mass is 16.5. The predicted octanol–water partition coefficient (Wildman–Crippen LogP) is 4.48. The summed E-state index contributed by atoms with van der Waals surface area (Å²) in [6.45, 7) is 3.85. The molecule has 0 unspecified atom stereocenters. The van der Waals surface area contributed by atoms with E-state index >= 15 is 0 Å². The molecule has 0 bridgehead atoms. The number of allylic oxidation sites excluding steroid dienone is 2. The second kappa shape index (κ2) is 8.25. The van der Waals surface area contributed by atoms with E-state index in [2.05, 4.69) is 0 Å². The molecule has 0 fully saturated rings. The number of carboxylic acid groups (broad SMARTS) is 1. The third-order valence-corrected chi connectivity index (χ3v) is 3.89. The molecule has 5 heteroatoms. The molecule has 0 amide bonds. The number of hydrogen-bond acceptors (Lipinski definition) is 4. The molecule has 26 heavy (non-hydrogen) atoms. The smallest absolute Gasteiger partial charge is 0.340 e. The Morgan fingerprint density at radius 3 is 2.31 bits per heavy atom. The standard InChI is InChI=1S/C21H22O5/c1-13(2)4-11-17-18(26-3)12-15(19(20(17)23)21(24)25)8-5-14-6-9-16(22)10-7-14/h4-10,12,22-23H,11H2,1-3H3,(H,24,25). The summed E-state index contributed by atoms with van der Waals surface area (Å²) in [4.78, 5) is 11.7. The molecule has 0 spiro atoms. The number of carbonyl (C=O) groups is 1. The largest absolute Gasteiger partial charge is 0.508 e. The van der Waals surface area contributed by atoms with Gasteiger partial charge in [-0.15, -0.1) is 0 Å². The molecule has 0 radical (unpaired) electrons. The zero-order valence-electron chi connectivity index (χ0n) is 15.0. The van der Waals surface area contributed by atoms with Crippen LogP contribution in [0, 0.1) is 0 Å². The summed E-state index contributed by atoms with van der Waals surface area (Å²) in [5.74, 6) is -0.930. The highest BCUT2D eigenvalue weighted by Crippen LogP contribution is 2.36. The van der Waals surface area contributed by atoms with Gasteiger partial charge in [-0.25, -0.2) is 4.79 Å². The van der Waals surface area contributed by atoms with Gasteiger partial charge in [0.1, 0.15) is 22.8 Å². The third kappa shape index (κ3) is 4.45. The normalized spacial score (nSPS) is 10.7. The molecule has 0 aromatic heterocycles. The molecule has 5 nitrogen and oxygen atoms in total. The van der Waals surface area contributed by atoms with E-state index in [0.717, 1.165) is 11.1 Å². The zero-order chi connectivity index (χ0) is 19.3. The molecule has 0 heterocycles. The highest BCUT2D eigenvalue weighted by Gasteiger charge is 2.21. The lowest BCUT2D eigenvalue weighted by molar-refractivity contribution is 0.0693. The molecule has 2 aromatic rings. The Morgan fingerprint density at radius 1 is 1.12 bits per heavy atom. The molecule has 136 valence electrons. The fourth-order valence-corrected chi connectivity index (χ4v) is 2.52. The summed E-state index contributed by atoms with van der Waals surface area (Å²) < 4.78 is 5.35. The van der Waals surface area contributed by atoms with Crippen molar-refractivity contribution < 1.29 is 24.9 Å². The van der Waals surface area contributed by atoms with E-state index in [0.29, 0.717) is 23.3 Å². The SMILES string of the molecule is COc1cc(C=Cc2ccc(O)cc2)c(C(=O)O)c(O)c1CC=C(C)C. The van der Waals surface area contributed by atoms with Gasteiger partial charge in [-0.2, -0.15) is 0 Å². The van der Waals surface area contributed by atoms with E-state index < -0.39 is 5.97 Å². The van der Waals surface area contributed by atoms with E-state index in [4.69, 9.17) is 4.74 Å². The Balaban J connectivity index is 2.54. The molecule has 2 rings (SSSR count). The lowest BCUT2D eigenvalue weighted by Gasteiger charge is -2.14. The van der Waals surface area contributed by atoms with Crippen LogP contribution in [0.4, 0.5) is 0 Å². The van der Waals surface area contributed by atoms with E-state index in [1.165, 1.54) is 7.11 Å². The van der Waals surface area contributed by atoms with Gasteiger partial charge in [0, 0.05) is 5.56 Å². The Labute approximate surface area is 152 Å². The molecule has 2 aromatic carbocycles. The lowest BCUT2D eigenvalue weighted by atomic mass is 9.97. The number of benzene rings is 2. The number of aromatic carboxylic acids is 1. The molecule has 0 aliphatic rings. The molecule has 3 N–H and O–H groups in total. The minimum absolute atomic E-state index is 0.149. The first kappa shape index (κ1) is 19.1. The molecule has 0 aliphatic heterocycles. The predicted molar refractivity (Wildman–Crippen MR) is 102 cm³/mol. The number of rotatable bonds is 6. The fourth-order valence-electron chi connectivity index (χ4n) is 2.52. The minimum atomic E-state index is -1.21. The van der Waals surface area contributed by atoms with Crippen LogP contribution in [-0.2, 0) is 6.42 Å². The van der Waals surface area contributed by atoms with Gasteiger partial charge in [-0.05, 0) is 49.6 Å². The summed E-state index contributed by atoms with van der Waals surface area (Å²) >= 11 is 0. The average Bonchev–Trinajstić information content (AvgIpc) is 2.59. The summed E-state index contributed by atoms with van der Waals surface area (Å²) in [6.07, 6.45) is 5.58. The number of phenols is 2. The van der Waals surface area contributed by atoms with Gasteiger partial charge in [-0.1, -0.05) is 35.9 Å². The Bertz CT molecular complexity index is 857. The maximum atomic E-state index is 11.7. The van der Waals surface area contributed by atoms with Crippen LogP contribution in [0.5, 0.6) is 17.2 Å². The number of aromatic hydroxyl groups is 2. The van der Waals surface area contributed by atoms with Crippen LogP contribution in [0.3, 0.4) is 0 Å². The first-order valence-corrected chi connectivity index (χ1v) is 8.10. The topological polar surface area (TPSA) is 87.0 Å². The van der Waals surface area contributed by atoms with Crippen LogP contribution >= 0.6 is 0 Å². The molecular formula is C21H22O5. The van der Waals surface area contributed by atoms with E-state index in [1.54, 1.807) is 42.5 Å². The monoisotopic (exact) mass is 354 g/mol. The van der Waals surface area contributed by atoms with Crippen molar-refractivity contribution in [3.05, 3.63) is 64.2 Å². The van der Waals surface area contributed by atoms with Crippen molar-refractivity contribution >= 4 is 18.1 Å². The molecule has 0 saturated heterocycles. The maximum absolute atomic E-state index is 11.7. The number of methoxy groups -OCH3 is 1. The van der Waals surface area contributed by atoms with Crippen molar-refractivity contribution in [2.24, 2.45) is 0 Å². The lowest BCUT2D eigenvalue weighted by Crippen LogP contribution is -2.04. The Hall–Kier alpha value is -3.21. The van der Waals surface area contributed by atoms with Gasteiger partial charge >= 0.3 is 5.97 Å². The fraction of sp³-hybridized carbons (Fsp3) is 0.190. The van der Waals surface area contributed by atoms with Crippen LogP contribution in [0.1, 0.15) is 40.9 Å². The van der Waals surface area contributed by atoms with Crippen molar-refractivity contribution in [2.75, 3.05) is 7.11 Å². The third-order valence-electron chi connectivity index (χ3n) is 3.89. The second-order valence-corrected chi connectivity index (χ2v) is 6.09. The highest BCUT2D eigenvalue weighted by molar-refractivity contribution is 5.97. The molecular weight excluding hydrogens is 332 g/mol. The quantitative estimate of drug-likeness (QED) is 0.526. The number of carboxylic acids is 1. The van der Waals surface area contributed by atoms with Crippen molar-refractivity contribution in [3.63, 3.8) is 0 Å². The van der Waals surface area contributed by atoms with Crippen molar-refractivity contribution in [3.8, 4) is 17.2 Å². The molecule has 0 aliphatic carbocycles. The van der Waals surface area contributed by atoms with Crippen LogP contribution in [0.15, 0.2) is 42.0 Å². The van der Waals surface area contributed by atoms with Gasteiger partial charge < -0.3 is 20.1 Å². The van der Waals surface area contributed by atoms with Crippen LogP contribution < -0.4 is 4.74 Å². The number of hydrogen-bond donors (Lipinski definition) is 3. The van der Waals surface area contributed by atoms with Gasteiger partial charge in [0.05, 0.1) is 7.11 Å². The van der Waals surface area contributed by atoms with Crippen LogP contribution in [0.25, 0.3) is 12.2 Å². The van der Waals surface area contributed by atoms with Gasteiger partial charge in [-0.3, -0.25) is 0 Å². The van der Waals surface area contributed by atoms with Crippen LogP contribution in [0.2, 0.25) is 0 Å². The van der Waals surface area contributed by atoms with Gasteiger partial charge in [0.25, 0.3) is 0 Å². The van der Waals surface area contributed by atoms with Crippen molar-refractivity contribution in [2.45, 2.75) is 20.3 Å². The van der Waals surface area contributed by atoms with Gasteiger partial charge in [0.2, 0.25) is 0 Å². The average molecular weight is 354 g/mol. The van der Waals surface area contributed by atoms with Crippen molar-refractivity contribution in [1.29, 1.82) is 0 Å². The molecule has 0 atom stereocenters. The van der Waals surface area contributed by atoms with E-state index in [9.17, 15) is 20.1 Å². The minimum Gasteiger partial charge on any atom is -0.508 e. The molecule has 0 saturated carbocycles. The Morgan fingerprint density at radius 2 is 1.77 bits per heavy atom. The zero-order valence-corrected chi connectivity index (χ0v) is 15.0. The number of phenolic OH excluding ortho intramolecular Hbond substituents is 1. The van der Waals surface area contributed by atoms with E-state index in [-0.39, 0.29) is 17.1 Å². The van der Waals surface area contributed by atoms with E-state index in [1.807, 2.05) is 19.9 Å². The summed E-state index contributed by atoms with van der Waals surface area (Å²) in [6, 6.07) is 8.09. The van der Waals surface area contributed by atoms with Crippen LogP contribution in [-0.4, -0.2) is 28.4 Å². The summed E-state index contributed by atoms with van der Waals surface area (Å²) in [7, 11) is 1.48. The Kier molecular flexibility index (Phi) is 6.07. The first-order chi connectivity index (χ1) is 12.3. The summed E-state index contributed by atoms with van der Waals surface area (Å²) in [5, 5.41) is 29.4. The van der Waals surface area contributed by atoms with Gasteiger partial charge in [0.15, 0.2) is 0 Å². The first-order valence-electron chi connectivity index (χ1n) is 8.10. The maximum Gasteiger partial charge on any atom is 0.340 e. The summed E-state index contributed by atoms with van der Waals surface area (Å²) in [5.41, 5.74) is 2.44. The second-order valence-electron chi connectivity index (χ2n) is 6.09.